The predicted octanol–water partition coefficient (Wildman–Crippen LogP) is 4.06. The first kappa shape index (κ1) is 17.7. The van der Waals surface area contributed by atoms with E-state index in [1.165, 1.54) is 13.2 Å². The normalized spacial score (nSPS) is 10.7. The molecule has 0 aliphatic rings. The lowest BCUT2D eigenvalue weighted by molar-refractivity contribution is 0.0601. The molecule has 0 aliphatic carbocycles. The van der Waals surface area contributed by atoms with Crippen LogP contribution in [0, 0.1) is 6.92 Å². The highest BCUT2D eigenvalue weighted by atomic mass is 16.5. The molecule has 0 spiro atoms. The van der Waals surface area contributed by atoms with E-state index in [1.807, 2.05) is 31.2 Å². The molecule has 2 aromatic carbocycles. The second-order valence-corrected chi connectivity index (χ2v) is 6.15. The van der Waals surface area contributed by atoms with Crippen molar-refractivity contribution >= 4 is 22.6 Å². The van der Waals surface area contributed by atoms with Crippen molar-refractivity contribution in [1.82, 2.24) is 0 Å². The number of hydrogen-bond acceptors (Lipinski definition) is 5. The number of anilines is 1. The largest absolute Gasteiger partial charge is 0.465 e. The van der Waals surface area contributed by atoms with Crippen molar-refractivity contribution in [2.24, 2.45) is 0 Å². The van der Waals surface area contributed by atoms with Crippen LogP contribution in [-0.2, 0) is 17.7 Å². The van der Waals surface area contributed by atoms with Crippen LogP contribution in [0.3, 0.4) is 0 Å². The number of ether oxygens (including phenoxy) is 1. The molecule has 0 bridgehead atoms. The van der Waals surface area contributed by atoms with Gasteiger partial charge in [0.15, 0.2) is 0 Å². The zero-order valence-corrected chi connectivity index (χ0v) is 15.1. The van der Waals surface area contributed by atoms with Crippen LogP contribution in [0.1, 0.15) is 34.0 Å². The fourth-order valence-electron chi connectivity index (χ4n) is 2.89. The van der Waals surface area contributed by atoms with Crippen molar-refractivity contribution in [3.8, 4) is 0 Å². The van der Waals surface area contributed by atoms with Gasteiger partial charge in [-0.15, -0.1) is 0 Å². The summed E-state index contributed by atoms with van der Waals surface area (Å²) in [5.41, 5.74) is 4.48. The van der Waals surface area contributed by atoms with Crippen LogP contribution in [0.15, 0.2) is 51.7 Å². The fraction of sp³-hybridized carbons (Fsp3) is 0.238. The van der Waals surface area contributed by atoms with Crippen LogP contribution in [0.5, 0.6) is 0 Å². The number of methoxy groups -OCH3 is 1. The third kappa shape index (κ3) is 3.61. The molecule has 134 valence electrons. The van der Waals surface area contributed by atoms with Gasteiger partial charge in [0.05, 0.1) is 12.7 Å². The topological polar surface area (TPSA) is 68.5 Å². The van der Waals surface area contributed by atoms with E-state index in [1.54, 1.807) is 12.1 Å². The van der Waals surface area contributed by atoms with Gasteiger partial charge in [0.25, 0.3) is 0 Å². The molecule has 0 saturated heterocycles. The highest BCUT2D eigenvalue weighted by Gasteiger charge is 2.10. The fourth-order valence-corrected chi connectivity index (χ4v) is 2.89. The van der Waals surface area contributed by atoms with Gasteiger partial charge in [-0.2, -0.15) is 0 Å². The summed E-state index contributed by atoms with van der Waals surface area (Å²) < 4.78 is 10.1. The van der Waals surface area contributed by atoms with Gasteiger partial charge in [-0.05, 0) is 48.2 Å². The van der Waals surface area contributed by atoms with E-state index in [2.05, 4.69) is 12.2 Å². The van der Waals surface area contributed by atoms with Gasteiger partial charge in [0.1, 0.15) is 5.58 Å². The smallest absolute Gasteiger partial charge is 0.337 e. The Labute approximate surface area is 151 Å². The Bertz CT molecular complexity index is 1020. The van der Waals surface area contributed by atoms with Crippen LogP contribution < -0.4 is 10.9 Å². The molecule has 1 aromatic heterocycles. The van der Waals surface area contributed by atoms with E-state index in [0.29, 0.717) is 17.7 Å². The minimum atomic E-state index is -0.383. The average molecular weight is 351 g/mol. The van der Waals surface area contributed by atoms with Crippen LogP contribution in [0.4, 0.5) is 5.69 Å². The molecule has 0 amide bonds. The number of carbonyl (C=O) groups excluding carboxylic acids is 1. The molecule has 0 saturated carbocycles. The standard InChI is InChI=1S/C21H21NO4/c1-4-14-6-8-17-16(11-20(23)26-19(17)9-14)12-22-18-10-15(21(24)25-3)7-5-13(18)2/h5-11,22H,4,12H2,1-3H3. The van der Waals surface area contributed by atoms with Crippen LogP contribution >= 0.6 is 0 Å². The Balaban J connectivity index is 1.93. The zero-order chi connectivity index (χ0) is 18.7. The van der Waals surface area contributed by atoms with E-state index >= 15 is 0 Å². The van der Waals surface area contributed by atoms with Crippen molar-refractivity contribution in [2.75, 3.05) is 12.4 Å². The molecule has 0 aliphatic heterocycles. The molecule has 0 radical (unpaired) electrons. The molecule has 3 aromatic rings. The molecule has 3 rings (SSSR count). The lowest BCUT2D eigenvalue weighted by atomic mass is 10.1. The highest BCUT2D eigenvalue weighted by molar-refractivity contribution is 5.90. The van der Waals surface area contributed by atoms with Crippen LogP contribution in [0.25, 0.3) is 11.0 Å². The second kappa shape index (κ2) is 7.44. The van der Waals surface area contributed by atoms with Crippen molar-refractivity contribution < 1.29 is 13.9 Å². The molecular weight excluding hydrogens is 330 g/mol. The van der Waals surface area contributed by atoms with E-state index in [-0.39, 0.29) is 11.6 Å². The summed E-state index contributed by atoms with van der Waals surface area (Å²) in [7, 11) is 1.36. The SMILES string of the molecule is CCc1ccc2c(CNc3cc(C(=O)OC)ccc3C)cc(=O)oc2c1. The maximum Gasteiger partial charge on any atom is 0.337 e. The molecule has 0 atom stereocenters. The summed E-state index contributed by atoms with van der Waals surface area (Å²) in [5.74, 6) is -0.383. The number of nitrogens with one attached hydrogen (secondary N) is 1. The first-order valence-corrected chi connectivity index (χ1v) is 8.50. The van der Waals surface area contributed by atoms with E-state index in [4.69, 9.17) is 9.15 Å². The summed E-state index contributed by atoms with van der Waals surface area (Å²) >= 11 is 0. The summed E-state index contributed by atoms with van der Waals surface area (Å²) in [6.07, 6.45) is 0.877. The van der Waals surface area contributed by atoms with Crippen LogP contribution in [-0.4, -0.2) is 13.1 Å². The number of rotatable bonds is 5. The van der Waals surface area contributed by atoms with E-state index < -0.39 is 0 Å². The minimum Gasteiger partial charge on any atom is -0.465 e. The monoisotopic (exact) mass is 351 g/mol. The number of esters is 1. The van der Waals surface area contributed by atoms with E-state index in [0.717, 1.165) is 34.2 Å². The number of hydrogen-bond donors (Lipinski definition) is 1. The molecule has 5 nitrogen and oxygen atoms in total. The number of benzene rings is 2. The van der Waals surface area contributed by atoms with Crippen molar-refractivity contribution in [2.45, 2.75) is 26.8 Å². The Hall–Kier alpha value is -3.08. The third-order valence-corrected chi connectivity index (χ3v) is 4.43. The quantitative estimate of drug-likeness (QED) is 0.554. The molecule has 1 heterocycles. The lowest BCUT2D eigenvalue weighted by Gasteiger charge is -2.12. The molecule has 0 unspecified atom stereocenters. The van der Waals surface area contributed by atoms with Gasteiger partial charge in [-0.25, -0.2) is 9.59 Å². The molecule has 5 heteroatoms. The molecular formula is C21H21NO4. The second-order valence-electron chi connectivity index (χ2n) is 6.15. The lowest BCUT2D eigenvalue weighted by Crippen LogP contribution is -2.08. The maximum atomic E-state index is 11.9. The van der Waals surface area contributed by atoms with Crippen molar-refractivity contribution in [1.29, 1.82) is 0 Å². The Morgan fingerprint density at radius 2 is 1.96 bits per heavy atom. The highest BCUT2D eigenvalue weighted by Crippen LogP contribution is 2.22. The van der Waals surface area contributed by atoms with Gasteiger partial charge in [0, 0.05) is 23.7 Å². The summed E-state index contributed by atoms with van der Waals surface area (Å²) in [6, 6.07) is 12.8. The van der Waals surface area contributed by atoms with Gasteiger partial charge < -0.3 is 14.5 Å². The Morgan fingerprint density at radius 1 is 1.15 bits per heavy atom. The predicted molar refractivity (Wildman–Crippen MR) is 102 cm³/mol. The summed E-state index contributed by atoms with van der Waals surface area (Å²) in [5, 5.41) is 4.21. The first-order valence-electron chi connectivity index (χ1n) is 8.50. The van der Waals surface area contributed by atoms with Crippen LogP contribution in [0.2, 0.25) is 0 Å². The molecule has 0 fully saturated rings. The van der Waals surface area contributed by atoms with Gasteiger partial charge in [0.2, 0.25) is 0 Å². The minimum absolute atomic E-state index is 0.373. The summed E-state index contributed by atoms with van der Waals surface area (Å²) in [6.45, 7) is 4.45. The zero-order valence-electron chi connectivity index (χ0n) is 15.1. The Morgan fingerprint density at radius 3 is 2.69 bits per heavy atom. The number of aryl methyl sites for hydroxylation is 2. The van der Waals surface area contributed by atoms with Crippen molar-refractivity contribution in [3.05, 3.63) is 75.1 Å². The van der Waals surface area contributed by atoms with Gasteiger partial charge >= 0.3 is 11.6 Å². The number of fused-ring (bicyclic) bond motifs is 1. The van der Waals surface area contributed by atoms with Crippen molar-refractivity contribution in [3.63, 3.8) is 0 Å². The molecule has 26 heavy (non-hydrogen) atoms. The maximum absolute atomic E-state index is 11.9. The molecule has 1 N–H and O–H groups in total. The first-order chi connectivity index (χ1) is 12.5. The van der Waals surface area contributed by atoms with E-state index in [9.17, 15) is 9.59 Å². The Kier molecular flexibility index (Phi) is 5.07. The third-order valence-electron chi connectivity index (χ3n) is 4.43. The number of carbonyl (C=O) groups is 1. The van der Waals surface area contributed by atoms with Gasteiger partial charge in [-0.3, -0.25) is 0 Å². The van der Waals surface area contributed by atoms with Gasteiger partial charge in [-0.1, -0.05) is 25.1 Å². The summed E-state index contributed by atoms with van der Waals surface area (Å²) in [4.78, 5) is 23.6. The average Bonchev–Trinajstić information content (AvgIpc) is 2.65.